The second-order valence-electron chi connectivity index (χ2n) is 6.64. The Morgan fingerprint density at radius 1 is 1.43 bits per heavy atom. The Morgan fingerprint density at radius 3 is 2.70 bits per heavy atom. The molecule has 7 heteroatoms. The fourth-order valence-corrected chi connectivity index (χ4v) is 2.47. The number of rotatable bonds is 6. The summed E-state index contributed by atoms with van der Waals surface area (Å²) in [6, 6.07) is 1.80. The third-order valence-corrected chi connectivity index (χ3v) is 4.06. The Labute approximate surface area is 136 Å². The smallest absolute Gasteiger partial charge is 0.410 e. The molecule has 2 rings (SSSR count). The molecule has 1 fully saturated rings. The van der Waals surface area contributed by atoms with Crippen molar-refractivity contribution in [2.75, 3.05) is 20.2 Å². The van der Waals surface area contributed by atoms with Crippen LogP contribution in [-0.4, -0.2) is 53.2 Å². The van der Waals surface area contributed by atoms with Crippen LogP contribution in [0.25, 0.3) is 0 Å². The van der Waals surface area contributed by atoms with Crippen LogP contribution in [0.15, 0.2) is 10.6 Å². The number of cyclic esters (lactones) is 1. The zero-order chi connectivity index (χ0) is 17.1. The molecular weight excluding hydrogens is 298 g/mol. The van der Waals surface area contributed by atoms with Gasteiger partial charge in [-0.15, -0.1) is 0 Å². The molecule has 1 aromatic heterocycles. The van der Waals surface area contributed by atoms with E-state index in [4.69, 9.17) is 9.26 Å². The number of carbonyl (C=O) groups is 2. The lowest BCUT2D eigenvalue weighted by atomic mass is 10.0. The number of carbonyl (C=O) groups excluding carboxylic acids is 2. The van der Waals surface area contributed by atoms with E-state index in [0.29, 0.717) is 18.8 Å². The van der Waals surface area contributed by atoms with Crippen LogP contribution < -0.4 is 0 Å². The van der Waals surface area contributed by atoms with Gasteiger partial charge in [-0.3, -0.25) is 9.69 Å². The highest BCUT2D eigenvalue weighted by molar-refractivity contribution is 5.83. The van der Waals surface area contributed by atoms with E-state index in [1.54, 1.807) is 11.9 Å². The van der Waals surface area contributed by atoms with Crippen molar-refractivity contribution in [2.24, 2.45) is 5.92 Å². The maximum absolute atomic E-state index is 12.4. The van der Waals surface area contributed by atoms with Gasteiger partial charge in [0, 0.05) is 19.0 Å². The van der Waals surface area contributed by atoms with Crippen molar-refractivity contribution < 1.29 is 18.8 Å². The van der Waals surface area contributed by atoms with E-state index in [2.05, 4.69) is 5.16 Å². The largest absolute Gasteiger partial charge is 0.447 e. The van der Waals surface area contributed by atoms with Crippen molar-refractivity contribution in [3.05, 3.63) is 17.5 Å². The van der Waals surface area contributed by atoms with Crippen molar-refractivity contribution in [1.29, 1.82) is 0 Å². The first-order valence-corrected chi connectivity index (χ1v) is 7.92. The Morgan fingerprint density at radius 2 is 2.13 bits per heavy atom. The third kappa shape index (κ3) is 4.03. The molecule has 0 aliphatic carbocycles. The lowest BCUT2D eigenvalue weighted by Crippen LogP contribution is -2.44. The van der Waals surface area contributed by atoms with Gasteiger partial charge in [-0.25, -0.2) is 4.79 Å². The highest BCUT2D eigenvalue weighted by Gasteiger charge is 2.36. The number of hydrogen-bond donors (Lipinski definition) is 0. The first kappa shape index (κ1) is 17.3. The molecular formula is C16H25N3O4. The van der Waals surface area contributed by atoms with E-state index < -0.39 is 6.09 Å². The molecule has 1 atom stereocenters. The summed E-state index contributed by atoms with van der Waals surface area (Å²) in [7, 11) is 1.69. The minimum atomic E-state index is -0.422. The Balaban J connectivity index is 1.95. The fraction of sp³-hybridized carbons (Fsp3) is 0.688. The zero-order valence-corrected chi connectivity index (χ0v) is 14.4. The van der Waals surface area contributed by atoms with Crippen LogP contribution in [0.4, 0.5) is 4.79 Å². The van der Waals surface area contributed by atoms with Crippen molar-refractivity contribution in [1.82, 2.24) is 15.0 Å². The van der Waals surface area contributed by atoms with Gasteiger partial charge in [0.05, 0.1) is 12.6 Å². The van der Waals surface area contributed by atoms with Crippen LogP contribution in [-0.2, 0) is 16.1 Å². The molecule has 2 amide bonds. The molecule has 1 saturated heterocycles. The number of likely N-dealkylation sites (N-methyl/N-ethyl adjacent to an activating group) is 1. The fourth-order valence-electron chi connectivity index (χ4n) is 2.47. The predicted octanol–water partition coefficient (Wildman–Crippen LogP) is 2.23. The molecule has 1 aliphatic heterocycles. The normalized spacial score (nSPS) is 18.0. The summed E-state index contributed by atoms with van der Waals surface area (Å²) in [4.78, 5) is 27.2. The summed E-state index contributed by atoms with van der Waals surface area (Å²) >= 11 is 0. The Bertz CT molecular complexity index is 567. The molecule has 7 nitrogen and oxygen atoms in total. The summed E-state index contributed by atoms with van der Waals surface area (Å²) in [5.74, 6) is 1.14. The third-order valence-electron chi connectivity index (χ3n) is 4.06. The molecule has 2 heterocycles. The summed E-state index contributed by atoms with van der Waals surface area (Å²) < 4.78 is 10.3. The molecule has 0 N–H and O–H groups in total. The summed E-state index contributed by atoms with van der Waals surface area (Å²) in [6.07, 6.45) is -0.422. The van der Waals surface area contributed by atoms with Gasteiger partial charge in [0.1, 0.15) is 24.6 Å². The highest BCUT2D eigenvalue weighted by atomic mass is 16.6. The van der Waals surface area contributed by atoms with Crippen molar-refractivity contribution in [2.45, 2.75) is 46.2 Å². The van der Waals surface area contributed by atoms with E-state index in [1.807, 2.05) is 33.8 Å². The zero-order valence-electron chi connectivity index (χ0n) is 14.4. The van der Waals surface area contributed by atoms with Gasteiger partial charge in [0.25, 0.3) is 0 Å². The van der Waals surface area contributed by atoms with Crippen LogP contribution in [0, 0.1) is 5.92 Å². The summed E-state index contributed by atoms with van der Waals surface area (Å²) in [6.45, 7) is 8.77. The number of hydrogen-bond acceptors (Lipinski definition) is 5. The molecule has 128 valence electrons. The lowest BCUT2D eigenvalue weighted by Gasteiger charge is -2.25. The standard InChI is InChI=1S/C16H25N3O4/c1-10(2)13-9-22-16(21)19(13)8-15(20)18(5)7-12-6-14(11(3)4)23-17-12/h6,10-11,13H,7-9H2,1-5H3. The van der Waals surface area contributed by atoms with E-state index >= 15 is 0 Å². The maximum atomic E-state index is 12.4. The van der Waals surface area contributed by atoms with E-state index in [0.717, 1.165) is 5.76 Å². The van der Waals surface area contributed by atoms with Crippen molar-refractivity contribution >= 4 is 12.0 Å². The maximum Gasteiger partial charge on any atom is 0.410 e. The predicted molar refractivity (Wildman–Crippen MR) is 83.7 cm³/mol. The van der Waals surface area contributed by atoms with Gasteiger partial charge in [-0.05, 0) is 5.92 Å². The molecule has 1 aromatic rings. The topological polar surface area (TPSA) is 75.9 Å². The summed E-state index contributed by atoms with van der Waals surface area (Å²) in [5.41, 5.74) is 0.703. The lowest BCUT2D eigenvalue weighted by molar-refractivity contribution is -0.131. The SMILES string of the molecule is CC(C)c1cc(CN(C)C(=O)CN2C(=O)OCC2C(C)C)no1. The molecule has 0 aromatic carbocycles. The van der Waals surface area contributed by atoms with Crippen LogP contribution >= 0.6 is 0 Å². The molecule has 0 bridgehead atoms. The summed E-state index contributed by atoms with van der Waals surface area (Å²) in [5, 5.41) is 3.98. The van der Waals surface area contributed by atoms with Gasteiger partial charge in [-0.1, -0.05) is 32.9 Å². The minimum Gasteiger partial charge on any atom is -0.447 e. The highest BCUT2D eigenvalue weighted by Crippen LogP contribution is 2.20. The molecule has 1 unspecified atom stereocenters. The van der Waals surface area contributed by atoms with E-state index in [1.165, 1.54) is 4.90 Å². The van der Waals surface area contributed by atoms with Gasteiger partial charge in [-0.2, -0.15) is 0 Å². The number of amides is 2. The van der Waals surface area contributed by atoms with Gasteiger partial charge in [0.2, 0.25) is 5.91 Å². The first-order valence-electron chi connectivity index (χ1n) is 7.92. The number of aromatic nitrogens is 1. The van der Waals surface area contributed by atoms with Gasteiger partial charge >= 0.3 is 6.09 Å². The second kappa shape index (κ2) is 7.02. The number of nitrogens with zero attached hydrogens (tertiary/aromatic N) is 3. The van der Waals surface area contributed by atoms with E-state index in [9.17, 15) is 9.59 Å². The van der Waals surface area contributed by atoms with Gasteiger partial charge in [0.15, 0.2) is 0 Å². The molecule has 23 heavy (non-hydrogen) atoms. The Kier molecular flexibility index (Phi) is 5.28. The van der Waals surface area contributed by atoms with Gasteiger partial charge < -0.3 is 14.2 Å². The number of ether oxygens (including phenoxy) is 1. The molecule has 0 spiro atoms. The van der Waals surface area contributed by atoms with Crippen LogP contribution in [0.5, 0.6) is 0 Å². The molecule has 0 saturated carbocycles. The molecule has 1 aliphatic rings. The average molecular weight is 323 g/mol. The quantitative estimate of drug-likeness (QED) is 0.802. The van der Waals surface area contributed by atoms with Crippen LogP contribution in [0.2, 0.25) is 0 Å². The van der Waals surface area contributed by atoms with Crippen molar-refractivity contribution in [3.63, 3.8) is 0 Å². The molecule has 0 radical (unpaired) electrons. The van der Waals surface area contributed by atoms with Crippen LogP contribution in [0.3, 0.4) is 0 Å². The minimum absolute atomic E-state index is 0.0209. The monoisotopic (exact) mass is 323 g/mol. The average Bonchev–Trinajstić information content (AvgIpc) is 3.07. The second-order valence-corrected chi connectivity index (χ2v) is 6.64. The first-order chi connectivity index (χ1) is 10.8. The Hall–Kier alpha value is -2.05. The van der Waals surface area contributed by atoms with Crippen LogP contribution in [0.1, 0.15) is 45.1 Å². The van der Waals surface area contributed by atoms with E-state index in [-0.39, 0.29) is 30.3 Å². The van der Waals surface area contributed by atoms with Crippen molar-refractivity contribution in [3.8, 4) is 0 Å².